The molecule has 0 N–H and O–H groups in total. The molecule has 1 aliphatic rings. The lowest BCUT2D eigenvalue weighted by atomic mass is 9.79. The molecule has 3 heteroatoms. The first-order valence-electron chi connectivity index (χ1n) is 5.53. The number of methoxy groups -OCH3 is 1. The van der Waals surface area contributed by atoms with Crippen molar-refractivity contribution in [3.05, 3.63) is 0 Å². The summed E-state index contributed by atoms with van der Waals surface area (Å²) in [7, 11) is 1.10. The van der Waals surface area contributed by atoms with Crippen molar-refractivity contribution < 1.29 is 13.5 Å². The van der Waals surface area contributed by atoms with Gasteiger partial charge in [0.05, 0.1) is 5.92 Å². The van der Waals surface area contributed by atoms with E-state index in [-0.39, 0.29) is 0 Å². The van der Waals surface area contributed by atoms with Crippen LogP contribution < -0.4 is 0 Å². The maximum atomic E-state index is 13.1. The van der Waals surface area contributed by atoms with Gasteiger partial charge in [0, 0.05) is 7.11 Å². The van der Waals surface area contributed by atoms with E-state index in [1.54, 1.807) is 0 Å². The van der Waals surface area contributed by atoms with Crippen molar-refractivity contribution in [3.63, 3.8) is 0 Å². The fourth-order valence-electron chi connectivity index (χ4n) is 2.36. The van der Waals surface area contributed by atoms with Crippen molar-refractivity contribution in [3.8, 4) is 0 Å². The molecule has 1 saturated carbocycles. The van der Waals surface area contributed by atoms with Gasteiger partial charge >= 0.3 is 6.11 Å². The molecule has 0 aromatic carbocycles. The molecule has 0 aromatic rings. The first-order valence-corrected chi connectivity index (χ1v) is 5.53. The second-order valence-electron chi connectivity index (χ2n) is 4.27. The molecule has 84 valence electrons. The number of hydrogen-bond acceptors (Lipinski definition) is 1. The third-order valence-electron chi connectivity index (χ3n) is 3.29. The molecule has 14 heavy (non-hydrogen) atoms. The van der Waals surface area contributed by atoms with Crippen LogP contribution in [0.25, 0.3) is 0 Å². The van der Waals surface area contributed by atoms with Crippen molar-refractivity contribution >= 4 is 0 Å². The molecule has 0 saturated heterocycles. The summed E-state index contributed by atoms with van der Waals surface area (Å²) in [5.41, 5.74) is 0. The lowest BCUT2D eigenvalue weighted by molar-refractivity contribution is -0.262. The molecule has 1 fully saturated rings. The van der Waals surface area contributed by atoms with Gasteiger partial charge in [-0.3, -0.25) is 0 Å². The SMILES string of the molecule is CCCC1CCC(C(F)(F)OC)CC1. The van der Waals surface area contributed by atoms with Crippen LogP contribution in [0.3, 0.4) is 0 Å². The van der Waals surface area contributed by atoms with Gasteiger partial charge in [0.2, 0.25) is 0 Å². The molecule has 0 heterocycles. The molecule has 0 amide bonds. The van der Waals surface area contributed by atoms with Crippen LogP contribution in [0.4, 0.5) is 8.78 Å². The Morgan fingerprint density at radius 3 is 2.21 bits per heavy atom. The zero-order valence-corrected chi connectivity index (χ0v) is 9.06. The Labute approximate surface area is 84.8 Å². The van der Waals surface area contributed by atoms with E-state index in [0.29, 0.717) is 18.8 Å². The van der Waals surface area contributed by atoms with Crippen LogP contribution in [-0.2, 0) is 4.74 Å². The number of rotatable bonds is 4. The first-order chi connectivity index (χ1) is 6.60. The minimum absolute atomic E-state index is 0.555. The molecule has 0 spiro atoms. The highest BCUT2D eigenvalue weighted by Crippen LogP contribution is 2.40. The van der Waals surface area contributed by atoms with Crippen molar-refractivity contribution in [1.29, 1.82) is 0 Å². The van der Waals surface area contributed by atoms with Gasteiger partial charge in [0.15, 0.2) is 0 Å². The molecule has 0 radical (unpaired) electrons. The van der Waals surface area contributed by atoms with Crippen LogP contribution in [0.5, 0.6) is 0 Å². The lowest BCUT2D eigenvalue weighted by Gasteiger charge is -2.32. The molecular formula is C11H20F2O. The standard InChI is InChI=1S/C11H20F2O/c1-3-4-9-5-7-10(8-6-9)11(12,13)14-2/h9-10H,3-8H2,1-2H3. The highest BCUT2D eigenvalue weighted by molar-refractivity contribution is 4.77. The average Bonchev–Trinajstić information content (AvgIpc) is 2.19. The topological polar surface area (TPSA) is 9.23 Å². The fourth-order valence-corrected chi connectivity index (χ4v) is 2.36. The Morgan fingerprint density at radius 2 is 1.79 bits per heavy atom. The Hall–Kier alpha value is -0.180. The minimum Gasteiger partial charge on any atom is -0.324 e. The van der Waals surface area contributed by atoms with Gasteiger partial charge in [0.25, 0.3) is 0 Å². The monoisotopic (exact) mass is 206 g/mol. The van der Waals surface area contributed by atoms with E-state index in [1.807, 2.05) is 0 Å². The van der Waals surface area contributed by atoms with Crippen LogP contribution in [0.2, 0.25) is 0 Å². The molecule has 0 atom stereocenters. The molecule has 0 bridgehead atoms. The number of halogens is 2. The third kappa shape index (κ3) is 2.91. The molecule has 0 unspecified atom stereocenters. The van der Waals surface area contributed by atoms with Crippen LogP contribution in [0, 0.1) is 11.8 Å². The zero-order valence-electron chi connectivity index (χ0n) is 9.06. The molecular weight excluding hydrogens is 186 g/mol. The summed E-state index contributed by atoms with van der Waals surface area (Å²) in [5, 5.41) is 0. The summed E-state index contributed by atoms with van der Waals surface area (Å²) in [4.78, 5) is 0. The quantitative estimate of drug-likeness (QED) is 0.679. The lowest BCUT2D eigenvalue weighted by Crippen LogP contribution is -2.33. The Balaban J connectivity index is 2.35. The van der Waals surface area contributed by atoms with Gasteiger partial charge in [-0.15, -0.1) is 0 Å². The Morgan fingerprint density at radius 1 is 1.21 bits per heavy atom. The van der Waals surface area contributed by atoms with E-state index >= 15 is 0 Å². The highest BCUT2D eigenvalue weighted by Gasteiger charge is 2.41. The fraction of sp³-hybridized carbons (Fsp3) is 1.00. The van der Waals surface area contributed by atoms with E-state index < -0.39 is 12.0 Å². The van der Waals surface area contributed by atoms with Crippen molar-refractivity contribution in [2.45, 2.75) is 51.6 Å². The largest absolute Gasteiger partial charge is 0.358 e. The molecule has 0 aromatic heterocycles. The van der Waals surface area contributed by atoms with E-state index in [2.05, 4.69) is 11.7 Å². The van der Waals surface area contributed by atoms with Crippen LogP contribution in [0.15, 0.2) is 0 Å². The highest BCUT2D eigenvalue weighted by atomic mass is 19.3. The second kappa shape index (κ2) is 5.06. The van der Waals surface area contributed by atoms with E-state index in [1.165, 1.54) is 6.42 Å². The first kappa shape index (κ1) is 11.9. The van der Waals surface area contributed by atoms with E-state index in [0.717, 1.165) is 26.4 Å². The molecule has 1 aliphatic carbocycles. The summed E-state index contributed by atoms with van der Waals surface area (Å²) in [6.45, 7) is 2.15. The maximum absolute atomic E-state index is 13.1. The maximum Gasteiger partial charge on any atom is 0.358 e. The zero-order chi connectivity index (χ0) is 10.6. The van der Waals surface area contributed by atoms with Crippen molar-refractivity contribution in [2.75, 3.05) is 7.11 Å². The summed E-state index contributed by atoms with van der Waals surface area (Å²) in [6, 6.07) is 0. The van der Waals surface area contributed by atoms with Crippen molar-refractivity contribution in [1.82, 2.24) is 0 Å². The minimum atomic E-state index is -2.91. The normalized spacial score (nSPS) is 29.1. The van der Waals surface area contributed by atoms with Gasteiger partial charge in [-0.05, 0) is 31.6 Å². The molecule has 1 rings (SSSR count). The van der Waals surface area contributed by atoms with E-state index in [4.69, 9.17) is 0 Å². The summed E-state index contributed by atoms with van der Waals surface area (Å²) >= 11 is 0. The van der Waals surface area contributed by atoms with Gasteiger partial charge in [0.1, 0.15) is 0 Å². The number of hydrogen-bond donors (Lipinski definition) is 0. The summed E-state index contributed by atoms with van der Waals surface area (Å²) < 4.78 is 30.5. The summed E-state index contributed by atoms with van der Waals surface area (Å²) in [6.07, 6.45) is 2.56. The van der Waals surface area contributed by atoms with Crippen LogP contribution >= 0.6 is 0 Å². The van der Waals surface area contributed by atoms with Crippen molar-refractivity contribution in [2.24, 2.45) is 11.8 Å². The predicted octanol–water partition coefficient (Wildman–Crippen LogP) is 3.83. The van der Waals surface area contributed by atoms with Crippen LogP contribution in [0.1, 0.15) is 45.4 Å². The van der Waals surface area contributed by atoms with Gasteiger partial charge < -0.3 is 4.74 Å². The van der Waals surface area contributed by atoms with Gasteiger partial charge in [-0.1, -0.05) is 19.8 Å². The third-order valence-corrected chi connectivity index (χ3v) is 3.29. The predicted molar refractivity (Wildman–Crippen MR) is 52.3 cm³/mol. The average molecular weight is 206 g/mol. The Bertz CT molecular complexity index is 163. The summed E-state index contributed by atoms with van der Waals surface area (Å²) in [5.74, 6) is 0.115. The van der Waals surface area contributed by atoms with E-state index in [9.17, 15) is 8.78 Å². The number of alkyl halides is 2. The smallest absolute Gasteiger partial charge is 0.324 e. The molecule has 1 nitrogen and oxygen atoms in total. The van der Waals surface area contributed by atoms with Gasteiger partial charge in [-0.25, -0.2) is 0 Å². The van der Waals surface area contributed by atoms with Gasteiger partial charge in [-0.2, -0.15) is 8.78 Å². The molecule has 0 aliphatic heterocycles. The second-order valence-corrected chi connectivity index (χ2v) is 4.27. The Kier molecular flexibility index (Phi) is 4.30. The van der Waals surface area contributed by atoms with Crippen LogP contribution in [-0.4, -0.2) is 13.2 Å². The number of ether oxygens (including phenoxy) is 1.